The predicted molar refractivity (Wildman–Crippen MR) is 125 cm³/mol. The number of carbonyl (C=O) groups is 2. The van der Waals surface area contributed by atoms with Crippen LogP contribution in [0.2, 0.25) is 0 Å². The minimum Gasteiger partial charge on any atom is -0.504 e. The van der Waals surface area contributed by atoms with E-state index < -0.39 is 11.8 Å². The Morgan fingerprint density at radius 3 is 2.61 bits per heavy atom. The van der Waals surface area contributed by atoms with E-state index >= 15 is 0 Å². The average Bonchev–Trinajstić information content (AvgIpc) is 3.26. The summed E-state index contributed by atoms with van der Waals surface area (Å²) in [5.74, 6) is -1.10. The third-order valence-corrected chi connectivity index (χ3v) is 5.32. The first-order chi connectivity index (χ1) is 15.9. The van der Waals surface area contributed by atoms with E-state index in [1.165, 1.54) is 25.1 Å². The van der Waals surface area contributed by atoms with Gasteiger partial charge < -0.3 is 24.5 Å². The lowest BCUT2D eigenvalue weighted by Crippen LogP contribution is -2.36. The van der Waals surface area contributed by atoms with Crippen molar-refractivity contribution in [1.82, 2.24) is 14.3 Å². The molecule has 0 saturated heterocycles. The van der Waals surface area contributed by atoms with Crippen molar-refractivity contribution < 1.29 is 19.4 Å². The molecule has 2 amide bonds. The van der Waals surface area contributed by atoms with E-state index in [-0.39, 0.29) is 12.3 Å². The Morgan fingerprint density at radius 1 is 1.15 bits per heavy atom. The number of phenols is 1. The highest BCUT2D eigenvalue weighted by Crippen LogP contribution is 2.27. The topological polar surface area (TPSA) is 96.2 Å². The molecule has 0 aliphatic rings. The highest BCUT2D eigenvalue weighted by molar-refractivity contribution is 6.39. The monoisotopic (exact) mass is 444 g/mol. The number of benzene rings is 2. The van der Waals surface area contributed by atoms with Crippen molar-refractivity contribution in [1.29, 1.82) is 0 Å². The third-order valence-electron chi connectivity index (χ3n) is 5.32. The number of hydrogen-bond acceptors (Lipinski definition) is 5. The number of methoxy groups -OCH3 is 1. The number of rotatable bonds is 5. The number of phenolic OH excluding ortho intramolecular Hbond substituents is 1. The highest BCUT2D eigenvalue weighted by atomic mass is 16.5. The fourth-order valence-electron chi connectivity index (χ4n) is 3.54. The number of aryl methyl sites for hydroxylation is 1. The van der Waals surface area contributed by atoms with Crippen molar-refractivity contribution in [2.24, 2.45) is 0 Å². The van der Waals surface area contributed by atoms with Crippen LogP contribution in [0.3, 0.4) is 0 Å². The Morgan fingerprint density at radius 2 is 1.91 bits per heavy atom. The molecule has 33 heavy (non-hydrogen) atoms. The summed E-state index contributed by atoms with van der Waals surface area (Å²) in [4.78, 5) is 30.9. The number of carbonyl (C=O) groups excluding carboxylic acids is 2. The van der Waals surface area contributed by atoms with Gasteiger partial charge in [0.05, 0.1) is 12.8 Å². The van der Waals surface area contributed by atoms with Gasteiger partial charge in [-0.25, -0.2) is 4.98 Å². The number of aromatic nitrogens is 2. The quantitative estimate of drug-likeness (QED) is 0.459. The highest BCUT2D eigenvalue weighted by Gasteiger charge is 2.19. The number of fused-ring (bicyclic) bond motifs is 1. The van der Waals surface area contributed by atoms with Crippen LogP contribution in [-0.4, -0.2) is 45.4 Å². The maximum Gasteiger partial charge on any atom is 0.313 e. The molecule has 0 bridgehead atoms. The van der Waals surface area contributed by atoms with Gasteiger partial charge in [-0.3, -0.25) is 9.59 Å². The molecule has 0 aliphatic heterocycles. The molecular formula is C25H24N4O4. The number of anilines is 1. The van der Waals surface area contributed by atoms with Gasteiger partial charge in [-0.15, -0.1) is 0 Å². The fraction of sp³-hybridized carbons (Fsp3) is 0.160. The second kappa shape index (κ2) is 9.04. The van der Waals surface area contributed by atoms with Crippen LogP contribution in [0.1, 0.15) is 11.1 Å². The maximum absolute atomic E-state index is 12.5. The van der Waals surface area contributed by atoms with Crippen LogP contribution >= 0.6 is 0 Å². The second-order valence-corrected chi connectivity index (χ2v) is 7.75. The molecule has 2 aromatic carbocycles. The van der Waals surface area contributed by atoms with Crippen molar-refractivity contribution in [3.05, 3.63) is 78.1 Å². The normalized spacial score (nSPS) is 10.8. The molecule has 0 unspecified atom stereocenters. The minimum absolute atomic E-state index is 0.00944. The number of amides is 2. The standard InChI is InChI=1S/C25H24N4O4/c1-16-5-4-12-29-15-20(27-23(16)29)18-7-9-19(10-8-18)26-24(31)25(32)28(2)14-17-6-11-21(30)22(13-17)33-3/h4-13,15,30H,14H2,1-3H3,(H,26,31). The largest absolute Gasteiger partial charge is 0.504 e. The summed E-state index contributed by atoms with van der Waals surface area (Å²) in [6, 6.07) is 15.9. The van der Waals surface area contributed by atoms with Crippen LogP contribution in [-0.2, 0) is 16.1 Å². The molecular weight excluding hydrogens is 420 g/mol. The van der Waals surface area contributed by atoms with Crippen molar-refractivity contribution >= 4 is 23.1 Å². The molecule has 8 nitrogen and oxygen atoms in total. The summed E-state index contributed by atoms with van der Waals surface area (Å²) in [5, 5.41) is 12.3. The lowest BCUT2D eigenvalue weighted by atomic mass is 10.1. The minimum atomic E-state index is -0.737. The average molecular weight is 444 g/mol. The van der Waals surface area contributed by atoms with E-state index in [1.807, 2.05) is 48.0 Å². The summed E-state index contributed by atoms with van der Waals surface area (Å²) >= 11 is 0. The number of likely N-dealkylation sites (N-methyl/N-ethyl adjacent to an activating group) is 1. The molecule has 0 fully saturated rings. The predicted octanol–water partition coefficient (Wildman–Crippen LogP) is 3.62. The molecule has 0 spiro atoms. The lowest BCUT2D eigenvalue weighted by Gasteiger charge is -2.17. The summed E-state index contributed by atoms with van der Waals surface area (Å²) in [6.07, 6.45) is 3.90. The Kier molecular flexibility index (Phi) is 5.99. The van der Waals surface area contributed by atoms with E-state index in [2.05, 4.69) is 10.3 Å². The molecule has 0 atom stereocenters. The van der Waals surface area contributed by atoms with Gasteiger partial charge in [0.1, 0.15) is 5.65 Å². The van der Waals surface area contributed by atoms with Crippen LogP contribution in [0.4, 0.5) is 5.69 Å². The van der Waals surface area contributed by atoms with E-state index in [0.29, 0.717) is 11.4 Å². The van der Waals surface area contributed by atoms with Gasteiger partial charge in [-0.1, -0.05) is 24.3 Å². The number of pyridine rings is 1. The fourth-order valence-corrected chi connectivity index (χ4v) is 3.54. The van der Waals surface area contributed by atoms with Crippen LogP contribution < -0.4 is 10.1 Å². The van der Waals surface area contributed by atoms with Crippen LogP contribution in [0.15, 0.2) is 67.0 Å². The second-order valence-electron chi connectivity index (χ2n) is 7.75. The zero-order valence-electron chi connectivity index (χ0n) is 18.6. The Bertz CT molecular complexity index is 1330. The maximum atomic E-state index is 12.5. The van der Waals surface area contributed by atoms with Gasteiger partial charge in [0.15, 0.2) is 11.5 Å². The van der Waals surface area contributed by atoms with Gasteiger partial charge in [0.25, 0.3) is 0 Å². The first kappa shape index (κ1) is 21.9. The zero-order valence-corrected chi connectivity index (χ0v) is 18.6. The smallest absolute Gasteiger partial charge is 0.313 e. The summed E-state index contributed by atoms with van der Waals surface area (Å²) in [6.45, 7) is 2.20. The number of nitrogens with zero attached hydrogens (tertiary/aromatic N) is 3. The number of aromatic hydroxyl groups is 1. The van der Waals surface area contributed by atoms with Gasteiger partial charge >= 0.3 is 11.8 Å². The Balaban J connectivity index is 1.41. The van der Waals surface area contributed by atoms with Gasteiger partial charge in [-0.05, 0) is 48.4 Å². The SMILES string of the molecule is COc1cc(CN(C)C(=O)C(=O)Nc2ccc(-c3cn4cccc(C)c4n3)cc2)ccc1O. The summed E-state index contributed by atoms with van der Waals surface area (Å²) in [7, 11) is 2.98. The van der Waals surface area contributed by atoms with E-state index in [4.69, 9.17) is 4.74 Å². The summed E-state index contributed by atoms with van der Waals surface area (Å²) < 4.78 is 7.05. The zero-order chi connectivity index (χ0) is 23.5. The third kappa shape index (κ3) is 4.64. The van der Waals surface area contributed by atoms with Crippen molar-refractivity contribution in [3.63, 3.8) is 0 Å². The van der Waals surface area contributed by atoms with Crippen molar-refractivity contribution in [3.8, 4) is 22.8 Å². The molecule has 2 heterocycles. The van der Waals surface area contributed by atoms with Gasteiger partial charge in [-0.2, -0.15) is 0 Å². The van der Waals surface area contributed by atoms with Gasteiger partial charge in [0, 0.05) is 37.2 Å². The van der Waals surface area contributed by atoms with E-state index in [9.17, 15) is 14.7 Å². The number of nitrogens with one attached hydrogen (secondary N) is 1. The first-order valence-electron chi connectivity index (χ1n) is 10.3. The molecule has 0 aliphatic carbocycles. The molecule has 2 aromatic heterocycles. The van der Waals surface area contributed by atoms with E-state index in [0.717, 1.165) is 28.0 Å². The molecule has 2 N–H and O–H groups in total. The number of ether oxygens (including phenoxy) is 1. The Labute approximate surface area is 191 Å². The lowest BCUT2D eigenvalue weighted by molar-refractivity contribution is -0.142. The van der Waals surface area contributed by atoms with Crippen molar-refractivity contribution in [2.75, 3.05) is 19.5 Å². The molecule has 4 rings (SSSR count). The van der Waals surface area contributed by atoms with Crippen LogP contribution in [0, 0.1) is 6.92 Å². The molecule has 0 radical (unpaired) electrons. The molecule has 168 valence electrons. The molecule has 0 saturated carbocycles. The number of imidazole rings is 1. The van der Waals surface area contributed by atoms with E-state index in [1.54, 1.807) is 24.3 Å². The summed E-state index contributed by atoms with van der Waals surface area (Å²) in [5.41, 5.74) is 4.94. The van der Waals surface area contributed by atoms with Crippen LogP contribution in [0.5, 0.6) is 11.5 Å². The van der Waals surface area contributed by atoms with Crippen LogP contribution in [0.25, 0.3) is 16.9 Å². The molecule has 8 heteroatoms. The van der Waals surface area contributed by atoms with Crippen molar-refractivity contribution in [2.45, 2.75) is 13.5 Å². The Hall–Kier alpha value is -4.33. The first-order valence-corrected chi connectivity index (χ1v) is 10.3. The molecule has 4 aromatic rings. The number of hydrogen-bond donors (Lipinski definition) is 2. The van der Waals surface area contributed by atoms with Gasteiger partial charge in [0.2, 0.25) is 0 Å².